The Morgan fingerprint density at radius 3 is 3.00 bits per heavy atom. The Kier molecular flexibility index (Phi) is 3.80. The maximum Gasteiger partial charge on any atom is 0.0752 e. The Bertz CT molecular complexity index is 669. The summed E-state index contributed by atoms with van der Waals surface area (Å²) in [5, 5.41) is 5.47. The SMILES string of the molecule is Cc1cc(Cl)c(NC2CCOC(C)(C)C2)c2cccnc12. The lowest BCUT2D eigenvalue weighted by Gasteiger charge is -2.36. The van der Waals surface area contributed by atoms with Gasteiger partial charge in [0.1, 0.15) is 0 Å². The first-order valence-electron chi connectivity index (χ1n) is 7.41. The number of halogens is 1. The Hall–Kier alpha value is -1.32. The summed E-state index contributed by atoms with van der Waals surface area (Å²) in [5.41, 5.74) is 3.03. The lowest BCUT2D eigenvalue weighted by atomic mass is 9.93. The van der Waals surface area contributed by atoms with E-state index in [0.717, 1.165) is 46.6 Å². The van der Waals surface area contributed by atoms with Crippen LogP contribution in [0, 0.1) is 6.92 Å². The topological polar surface area (TPSA) is 34.1 Å². The molecule has 2 aromatic rings. The van der Waals surface area contributed by atoms with Crippen LogP contribution in [0.1, 0.15) is 32.3 Å². The van der Waals surface area contributed by atoms with Crippen molar-refractivity contribution in [3.63, 3.8) is 0 Å². The highest BCUT2D eigenvalue weighted by Crippen LogP contribution is 2.35. The largest absolute Gasteiger partial charge is 0.380 e. The molecule has 1 saturated heterocycles. The molecule has 1 aromatic carbocycles. The Labute approximate surface area is 130 Å². The average Bonchev–Trinajstić information content (AvgIpc) is 2.42. The van der Waals surface area contributed by atoms with Gasteiger partial charge in [0.25, 0.3) is 0 Å². The van der Waals surface area contributed by atoms with E-state index in [-0.39, 0.29) is 5.60 Å². The van der Waals surface area contributed by atoms with Gasteiger partial charge in [-0.3, -0.25) is 4.98 Å². The first-order chi connectivity index (χ1) is 9.96. The summed E-state index contributed by atoms with van der Waals surface area (Å²) >= 11 is 6.48. The monoisotopic (exact) mass is 304 g/mol. The van der Waals surface area contributed by atoms with E-state index in [1.54, 1.807) is 0 Å². The van der Waals surface area contributed by atoms with Crippen molar-refractivity contribution in [2.45, 2.75) is 45.3 Å². The van der Waals surface area contributed by atoms with Crippen molar-refractivity contribution < 1.29 is 4.74 Å². The van der Waals surface area contributed by atoms with Crippen LogP contribution in [0.4, 0.5) is 5.69 Å². The van der Waals surface area contributed by atoms with Crippen molar-refractivity contribution in [3.05, 3.63) is 35.0 Å². The Balaban J connectivity index is 1.97. The lowest BCUT2D eigenvalue weighted by molar-refractivity contribution is -0.0553. The number of anilines is 1. The van der Waals surface area contributed by atoms with Crippen LogP contribution < -0.4 is 5.32 Å². The summed E-state index contributed by atoms with van der Waals surface area (Å²) in [4.78, 5) is 4.48. The number of pyridine rings is 1. The second-order valence-corrected chi connectivity index (χ2v) is 6.80. The van der Waals surface area contributed by atoms with Crippen molar-refractivity contribution in [2.75, 3.05) is 11.9 Å². The summed E-state index contributed by atoms with van der Waals surface area (Å²) in [6.07, 6.45) is 3.79. The summed E-state index contributed by atoms with van der Waals surface area (Å²) < 4.78 is 5.78. The molecule has 0 amide bonds. The number of fused-ring (bicyclic) bond motifs is 1. The first kappa shape index (κ1) is 14.6. The summed E-state index contributed by atoms with van der Waals surface area (Å²) in [6, 6.07) is 6.40. The van der Waals surface area contributed by atoms with Gasteiger partial charge in [0.05, 0.1) is 21.8 Å². The van der Waals surface area contributed by atoms with E-state index >= 15 is 0 Å². The molecule has 1 N–H and O–H groups in total. The molecule has 112 valence electrons. The molecule has 0 saturated carbocycles. The van der Waals surface area contributed by atoms with Gasteiger partial charge in [-0.2, -0.15) is 0 Å². The molecular weight excluding hydrogens is 284 g/mol. The van der Waals surface area contributed by atoms with Gasteiger partial charge in [-0.1, -0.05) is 11.6 Å². The molecule has 0 aliphatic carbocycles. The zero-order valence-electron chi connectivity index (χ0n) is 12.7. The normalized spacial score (nSPS) is 21.4. The van der Waals surface area contributed by atoms with Crippen LogP contribution in [0.3, 0.4) is 0 Å². The average molecular weight is 305 g/mol. The molecule has 0 bridgehead atoms. The maximum atomic E-state index is 6.48. The zero-order chi connectivity index (χ0) is 15.0. The van der Waals surface area contributed by atoms with E-state index in [1.165, 1.54) is 0 Å². The fourth-order valence-electron chi connectivity index (χ4n) is 3.09. The van der Waals surface area contributed by atoms with Gasteiger partial charge in [-0.15, -0.1) is 0 Å². The van der Waals surface area contributed by atoms with Gasteiger partial charge in [0, 0.05) is 24.2 Å². The number of nitrogens with zero attached hydrogens (tertiary/aromatic N) is 1. The number of ether oxygens (including phenoxy) is 1. The van der Waals surface area contributed by atoms with Gasteiger partial charge in [0.15, 0.2) is 0 Å². The number of aryl methyl sites for hydroxylation is 1. The van der Waals surface area contributed by atoms with Crippen LogP contribution in [0.15, 0.2) is 24.4 Å². The highest BCUT2D eigenvalue weighted by Gasteiger charge is 2.29. The fourth-order valence-corrected chi connectivity index (χ4v) is 3.41. The summed E-state index contributed by atoms with van der Waals surface area (Å²) in [5.74, 6) is 0. The predicted molar refractivity (Wildman–Crippen MR) is 88.2 cm³/mol. The molecule has 0 spiro atoms. The predicted octanol–water partition coefficient (Wildman–Crippen LogP) is 4.57. The third-order valence-corrected chi connectivity index (χ3v) is 4.38. The highest BCUT2D eigenvalue weighted by atomic mass is 35.5. The number of hydrogen-bond donors (Lipinski definition) is 1. The molecule has 1 aliphatic rings. The molecule has 1 fully saturated rings. The maximum absolute atomic E-state index is 6.48. The number of hydrogen-bond acceptors (Lipinski definition) is 3. The molecule has 1 aliphatic heterocycles. The third-order valence-electron chi connectivity index (χ3n) is 4.08. The number of nitrogens with one attached hydrogen (secondary N) is 1. The smallest absolute Gasteiger partial charge is 0.0752 e. The minimum Gasteiger partial charge on any atom is -0.380 e. The van der Waals surface area contributed by atoms with Crippen LogP contribution in [-0.2, 0) is 4.74 Å². The van der Waals surface area contributed by atoms with Crippen molar-refractivity contribution in [1.29, 1.82) is 0 Å². The van der Waals surface area contributed by atoms with E-state index in [2.05, 4.69) is 30.2 Å². The van der Waals surface area contributed by atoms with Gasteiger partial charge >= 0.3 is 0 Å². The Morgan fingerprint density at radius 1 is 1.43 bits per heavy atom. The molecule has 3 nitrogen and oxygen atoms in total. The molecule has 1 atom stereocenters. The first-order valence-corrected chi connectivity index (χ1v) is 7.78. The number of benzene rings is 1. The van der Waals surface area contributed by atoms with Gasteiger partial charge < -0.3 is 10.1 Å². The van der Waals surface area contributed by atoms with Crippen LogP contribution >= 0.6 is 11.6 Å². The second kappa shape index (κ2) is 5.47. The molecule has 0 radical (unpaired) electrons. The standard InChI is InChI=1S/C17H21ClN2O/c1-11-9-14(18)16(13-5-4-7-19-15(11)13)20-12-6-8-21-17(2,3)10-12/h4-5,7,9,12,20H,6,8,10H2,1-3H3. The highest BCUT2D eigenvalue weighted by molar-refractivity contribution is 6.35. The zero-order valence-corrected chi connectivity index (χ0v) is 13.5. The van der Waals surface area contributed by atoms with E-state index in [0.29, 0.717) is 6.04 Å². The van der Waals surface area contributed by atoms with Crippen molar-refractivity contribution in [2.24, 2.45) is 0 Å². The minimum absolute atomic E-state index is 0.0822. The summed E-state index contributed by atoms with van der Waals surface area (Å²) in [6.45, 7) is 7.10. The van der Waals surface area contributed by atoms with Gasteiger partial charge in [-0.05, 0) is 57.4 Å². The molecule has 21 heavy (non-hydrogen) atoms. The molecule has 3 rings (SSSR count). The number of aromatic nitrogens is 1. The summed E-state index contributed by atoms with van der Waals surface area (Å²) in [7, 11) is 0. The van der Waals surface area contributed by atoms with Crippen molar-refractivity contribution >= 4 is 28.2 Å². The second-order valence-electron chi connectivity index (χ2n) is 6.39. The van der Waals surface area contributed by atoms with Crippen LogP contribution in [0.5, 0.6) is 0 Å². The van der Waals surface area contributed by atoms with Crippen molar-refractivity contribution in [3.8, 4) is 0 Å². The molecule has 4 heteroatoms. The lowest BCUT2D eigenvalue weighted by Crippen LogP contribution is -2.40. The Morgan fingerprint density at radius 2 is 2.24 bits per heavy atom. The fraction of sp³-hybridized carbons (Fsp3) is 0.471. The third kappa shape index (κ3) is 2.99. The van der Waals surface area contributed by atoms with Gasteiger partial charge in [-0.25, -0.2) is 0 Å². The number of rotatable bonds is 2. The molecule has 2 heterocycles. The molecule has 1 aromatic heterocycles. The van der Waals surface area contributed by atoms with Crippen molar-refractivity contribution in [1.82, 2.24) is 4.98 Å². The molecule has 1 unspecified atom stereocenters. The van der Waals surface area contributed by atoms with Crippen LogP contribution in [-0.4, -0.2) is 23.2 Å². The van der Waals surface area contributed by atoms with Crippen LogP contribution in [0.25, 0.3) is 10.9 Å². The van der Waals surface area contributed by atoms with E-state index in [1.807, 2.05) is 25.3 Å². The van der Waals surface area contributed by atoms with E-state index < -0.39 is 0 Å². The van der Waals surface area contributed by atoms with E-state index in [9.17, 15) is 0 Å². The van der Waals surface area contributed by atoms with E-state index in [4.69, 9.17) is 16.3 Å². The van der Waals surface area contributed by atoms with Crippen LogP contribution in [0.2, 0.25) is 5.02 Å². The molecular formula is C17H21ClN2O. The quantitative estimate of drug-likeness (QED) is 0.882. The minimum atomic E-state index is -0.0822. The van der Waals surface area contributed by atoms with Gasteiger partial charge in [0.2, 0.25) is 0 Å².